The second-order valence-electron chi connectivity index (χ2n) is 4.60. The van der Waals surface area contributed by atoms with Gasteiger partial charge in [-0.25, -0.2) is 9.78 Å². The minimum Gasteiger partial charge on any atom is -0.493 e. The molecule has 1 aromatic carbocycles. The van der Waals surface area contributed by atoms with E-state index in [2.05, 4.69) is 10.3 Å². The van der Waals surface area contributed by atoms with Crippen LogP contribution in [-0.2, 0) is 0 Å². The number of aromatic nitrogens is 1. The van der Waals surface area contributed by atoms with Crippen molar-refractivity contribution < 1.29 is 14.6 Å². The van der Waals surface area contributed by atoms with E-state index >= 15 is 0 Å². The lowest BCUT2D eigenvalue weighted by molar-refractivity contribution is 0.0690. The molecule has 3 rings (SSSR count). The average molecular weight is 290 g/mol. The van der Waals surface area contributed by atoms with E-state index in [9.17, 15) is 4.79 Å². The van der Waals surface area contributed by atoms with Gasteiger partial charge in [-0.2, -0.15) is 0 Å². The first kappa shape index (κ1) is 12.9. The summed E-state index contributed by atoms with van der Waals surface area (Å²) in [5, 5.41) is 13.0. The van der Waals surface area contributed by atoms with Crippen LogP contribution in [0.15, 0.2) is 24.3 Å². The van der Waals surface area contributed by atoms with Crippen LogP contribution in [0.5, 0.6) is 5.75 Å². The number of ether oxygens (including phenoxy) is 1. The predicted molar refractivity (Wildman–Crippen MR) is 76.7 cm³/mol. The van der Waals surface area contributed by atoms with Gasteiger partial charge < -0.3 is 15.2 Å². The highest BCUT2D eigenvalue weighted by molar-refractivity contribution is 7.15. The Morgan fingerprint density at radius 3 is 3.05 bits per heavy atom. The van der Waals surface area contributed by atoms with E-state index in [4.69, 9.17) is 9.84 Å². The molecule has 2 aromatic rings. The molecule has 0 bridgehead atoms. The summed E-state index contributed by atoms with van der Waals surface area (Å²) in [5.41, 5.74) is 1.21. The Morgan fingerprint density at radius 1 is 1.50 bits per heavy atom. The second-order valence-corrected chi connectivity index (χ2v) is 5.80. The van der Waals surface area contributed by atoms with Crippen LogP contribution < -0.4 is 10.1 Å². The highest BCUT2D eigenvalue weighted by Crippen LogP contribution is 2.35. The van der Waals surface area contributed by atoms with E-state index in [0.717, 1.165) is 17.7 Å². The van der Waals surface area contributed by atoms with E-state index in [1.807, 2.05) is 24.3 Å². The number of nitrogens with one attached hydrogen (secondary N) is 1. The third kappa shape index (κ3) is 2.34. The number of hydrogen-bond acceptors (Lipinski definition) is 5. The molecule has 0 saturated heterocycles. The van der Waals surface area contributed by atoms with Crippen LogP contribution in [0.1, 0.15) is 33.4 Å². The lowest BCUT2D eigenvalue weighted by Crippen LogP contribution is -2.20. The molecule has 1 aliphatic rings. The van der Waals surface area contributed by atoms with Crippen molar-refractivity contribution in [3.05, 3.63) is 40.4 Å². The highest BCUT2D eigenvalue weighted by Gasteiger charge is 2.23. The number of carboxylic acid groups (broad SMARTS) is 1. The summed E-state index contributed by atoms with van der Waals surface area (Å²) in [4.78, 5) is 15.9. The maximum atomic E-state index is 11.0. The summed E-state index contributed by atoms with van der Waals surface area (Å²) in [6.07, 6.45) is 0.831. The summed E-state index contributed by atoms with van der Waals surface area (Å²) in [7, 11) is 0. The lowest BCUT2D eigenvalue weighted by atomic mass is 10.0. The van der Waals surface area contributed by atoms with Crippen LogP contribution >= 0.6 is 11.3 Å². The van der Waals surface area contributed by atoms with Crippen molar-refractivity contribution in [3.8, 4) is 5.75 Å². The molecule has 1 unspecified atom stereocenters. The van der Waals surface area contributed by atoms with Gasteiger partial charge in [0.25, 0.3) is 0 Å². The van der Waals surface area contributed by atoms with Crippen molar-refractivity contribution in [1.82, 2.24) is 4.98 Å². The maximum Gasteiger partial charge on any atom is 0.355 e. The summed E-state index contributed by atoms with van der Waals surface area (Å²) >= 11 is 1.37. The number of nitrogens with zero attached hydrogens (tertiary/aromatic N) is 1. The normalized spacial score (nSPS) is 17.1. The average Bonchev–Trinajstić information content (AvgIpc) is 2.80. The van der Waals surface area contributed by atoms with Gasteiger partial charge in [-0.1, -0.05) is 18.2 Å². The molecular weight excluding hydrogens is 276 g/mol. The van der Waals surface area contributed by atoms with Crippen LogP contribution in [0.25, 0.3) is 0 Å². The zero-order valence-corrected chi connectivity index (χ0v) is 11.7. The Bertz CT molecular complexity index is 654. The largest absolute Gasteiger partial charge is 0.493 e. The number of carbonyl (C=O) groups is 1. The van der Waals surface area contributed by atoms with E-state index < -0.39 is 5.97 Å². The molecule has 2 heterocycles. The zero-order chi connectivity index (χ0) is 14.1. The number of rotatable bonds is 3. The molecule has 0 fully saturated rings. The van der Waals surface area contributed by atoms with Crippen LogP contribution in [0.3, 0.4) is 0 Å². The standard InChI is InChI=1S/C14H14N2O3S/c1-8-12(13(17)18)16-14(20-8)15-10-6-7-19-11-5-3-2-4-9(10)11/h2-5,10H,6-7H2,1H3,(H,15,16)(H,17,18). The third-order valence-electron chi connectivity index (χ3n) is 3.26. The van der Waals surface area contributed by atoms with E-state index in [1.54, 1.807) is 6.92 Å². The molecule has 1 atom stereocenters. The van der Waals surface area contributed by atoms with Crippen molar-refractivity contribution in [2.24, 2.45) is 0 Å². The van der Waals surface area contributed by atoms with Gasteiger partial charge in [0.05, 0.1) is 12.6 Å². The Kier molecular flexibility index (Phi) is 3.31. The van der Waals surface area contributed by atoms with Gasteiger partial charge >= 0.3 is 5.97 Å². The maximum absolute atomic E-state index is 11.0. The van der Waals surface area contributed by atoms with Gasteiger partial charge in [0, 0.05) is 16.9 Å². The molecule has 104 valence electrons. The molecule has 5 nitrogen and oxygen atoms in total. The fraction of sp³-hybridized carbons (Fsp3) is 0.286. The first-order valence-electron chi connectivity index (χ1n) is 6.34. The Hall–Kier alpha value is -2.08. The van der Waals surface area contributed by atoms with Crippen molar-refractivity contribution in [3.63, 3.8) is 0 Å². The number of fused-ring (bicyclic) bond motifs is 1. The molecule has 0 spiro atoms. The number of hydrogen-bond donors (Lipinski definition) is 2. The topological polar surface area (TPSA) is 71.5 Å². The zero-order valence-electron chi connectivity index (χ0n) is 10.9. The fourth-order valence-corrected chi connectivity index (χ4v) is 3.16. The third-order valence-corrected chi connectivity index (χ3v) is 4.16. The summed E-state index contributed by atoms with van der Waals surface area (Å²) in [6.45, 7) is 2.41. The van der Waals surface area contributed by atoms with Gasteiger partial charge in [0.1, 0.15) is 5.75 Å². The molecule has 6 heteroatoms. The monoisotopic (exact) mass is 290 g/mol. The van der Waals surface area contributed by atoms with Gasteiger partial charge in [-0.15, -0.1) is 11.3 Å². The summed E-state index contributed by atoms with van der Waals surface area (Å²) in [6, 6.07) is 7.98. The molecule has 1 aliphatic heterocycles. The fourth-order valence-electron chi connectivity index (χ4n) is 2.30. The molecule has 20 heavy (non-hydrogen) atoms. The number of carboxylic acids is 1. The molecule has 0 aliphatic carbocycles. The summed E-state index contributed by atoms with van der Waals surface area (Å²) in [5.74, 6) is -0.109. The molecule has 0 saturated carbocycles. The quantitative estimate of drug-likeness (QED) is 0.909. The highest BCUT2D eigenvalue weighted by atomic mass is 32.1. The van der Waals surface area contributed by atoms with E-state index in [-0.39, 0.29) is 11.7 Å². The van der Waals surface area contributed by atoms with Crippen LogP contribution in [0, 0.1) is 6.92 Å². The second kappa shape index (κ2) is 5.13. The van der Waals surface area contributed by atoms with Crippen molar-refractivity contribution in [1.29, 1.82) is 0 Å². The molecule has 0 amide bonds. The SMILES string of the molecule is Cc1sc(NC2CCOc3ccccc32)nc1C(=O)O. The number of thiazole rings is 1. The number of aromatic carboxylic acids is 1. The Morgan fingerprint density at radius 2 is 2.30 bits per heavy atom. The number of benzene rings is 1. The smallest absolute Gasteiger partial charge is 0.355 e. The van der Waals surface area contributed by atoms with Gasteiger partial charge in [-0.05, 0) is 13.0 Å². The molecule has 1 aromatic heterocycles. The summed E-state index contributed by atoms with van der Waals surface area (Å²) < 4.78 is 5.61. The molecular formula is C14H14N2O3S. The van der Waals surface area contributed by atoms with E-state index in [0.29, 0.717) is 16.6 Å². The molecule has 2 N–H and O–H groups in total. The van der Waals surface area contributed by atoms with Crippen molar-refractivity contribution in [2.45, 2.75) is 19.4 Å². The minimum atomic E-state index is -0.987. The van der Waals surface area contributed by atoms with Gasteiger partial charge in [0.15, 0.2) is 10.8 Å². The predicted octanol–water partition coefficient (Wildman–Crippen LogP) is 3.09. The minimum absolute atomic E-state index is 0.104. The van der Waals surface area contributed by atoms with Crippen LogP contribution in [-0.4, -0.2) is 22.7 Å². The van der Waals surface area contributed by atoms with Gasteiger partial charge in [0.2, 0.25) is 0 Å². The first-order chi connectivity index (χ1) is 9.65. The van der Waals surface area contributed by atoms with Crippen LogP contribution in [0.4, 0.5) is 5.13 Å². The van der Waals surface area contributed by atoms with Crippen molar-refractivity contribution in [2.75, 3.05) is 11.9 Å². The van der Waals surface area contributed by atoms with Gasteiger partial charge in [-0.3, -0.25) is 0 Å². The lowest BCUT2D eigenvalue weighted by Gasteiger charge is -2.26. The van der Waals surface area contributed by atoms with Crippen LogP contribution in [0.2, 0.25) is 0 Å². The number of para-hydroxylation sites is 1. The molecule has 0 radical (unpaired) electrons. The van der Waals surface area contributed by atoms with E-state index in [1.165, 1.54) is 11.3 Å². The first-order valence-corrected chi connectivity index (χ1v) is 7.16. The number of anilines is 1. The number of aryl methyl sites for hydroxylation is 1. The Labute approximate surface area is 120 Å². The van der Waals surface area contributed by atoms with Crippen molar-refractivity contribution >= 4 is 22.4 Å². The Balaban J connectivity index is 1.86.